The second kappa shape index (κ2) is 4.47. The number of benzene rings is 1. The Morgan fingerprint density at radius 2 is 1.70 bits per heavy atom. The molecule has 1 aliphatic heterocycles. The number of oxazole rings is 1. The van der Waals surface area contributed by atoms with E-state index in [9.17, 15) is 0 Å². The van der Waals surface area contributed by atoms with Crippen molar-refractivity contribution in [1.29, 1.82) is 0 Å². The number of para-hydroxylation sites is 2. The molecule has 116 valence electrons. The van der Waals surface area contributed by atoms with E-state index in [4.69, 9.17) is 14.4 Å². The second-order valence-electron chi connectivity index (χ2n) is 6.92. The lowest BCUT2D eigenvalue weighted by molar-refractivity contribution is 0.293. The first-order chi connectivity index (χ1) is 10.9. The molecule has 0 fully saturated rings. The van der Waals surface area contributed by atoms with E-state index in [1.54, 1.807) is 6.20 Å². The van der Waals surface area contributed by atoms with Gasteiger partial charge in [-0.25, -0.2) is 9.97 Å². The molecule has 0 spiro atoms. The highest BCUT2D eigenvalue weighted by Gasteiger charge is 2.47. The number of fused-ring (bicyclic) bond motifs is 2. The number of hydrogen-bond donors (Lipinski definition) is 0. The third kappa shape index (κ3) is 1.92. The summed E-state index contributed by atoms with van der Waals surface area (Å²) in [5.74, 6) is 0.693. The average Bonchev–Trinajstić information content (AvgIpc) is 3.01. The molecule has 0 N–H and O–H groups in total. The Kier molecular flexibility index (Phi) is 2.73. The van der Waals surface area contributed by atoms with E-state index in [-0.39, 0.29) is 11.0 Å². The van der Waals surface area contributed by atoms with E-state index in [2.05, 4.69) is 37.7 Å². The normalized spacial score (nSPS) is 18.5. The Labute approximate surface area is 134 Å². The number of rotatable bonds is 1. The SMILES string of the molecule is CC1(C)N=C(c2cnc3ccccc3n2)c2ocnc2C1(C)C. The van der Waals surface area contributed by atoms with Crippen LogP contribution in [0.1, 0.15) is 44.8 Å². The molecular weight excluding hydrogens is 288 g/mol. The topological polar surface area (TPSA) is 64.2 Å². The van der Waals surface area contributed by atoms with Crippen LogP contribution in [0.4, 0.5) is 0 Å². The van der Waals surface area contributed by atoms with Crippen LogP contribution >= 0.6 is 0 Å². The molecular formula is C18H18N4O. The van der Waals surface area contributed by atoms with E-state index < -0.39 is 0 Å². The molecule has 0 unspecified atom stereocenters. The molecule has 4 rings (SSSR count). The van der Waals surface area contributed by atoms with Crippen molar-refractivity contribution in [2.24, 2.45) is 4.99 Å². The minimum absolute atomic E-state index is 0.219. The van der Waals surface area contributed by atoms with Crippen molar-refractivity contribution in [2.45, 2.75) is 38.6 Å². The van der Waals surface area contributed by atoms with Crippen LogP contribution in [0.2, 0.25) is 0 Å². The quantitative estimate of drug-likeness (QED) is 0.690. The predicted molar refractivity (Wildman–Crippen MR) is 88.8 cm³/mol. The summed E-state index contributed by atoms with van der Waals surface area (Å²) in [6.07, 6.45) is 3.24. The largest absolute Gasteiger partial charge is 0.441 e. The molecule has 23 heavy (non-hydrogen) atoms. The summed E-state index contributed by atoms with van der Waals surface area (Å²) in [5.41, 5.74) is 3.53. The zero-order chi connectivity index (χ0) is 16.2. The highest BCUT2D eigenvalue weighted by molar-refractivity contribution is 6.12. The van der Waals surface area contributed by atoms with Crippen LogP contribution < -0.4 is 0 Å². The van der Waals surface area contributed by atoms with Gasteiger partial charge in [0.1, 0.15) is 11.4 Å². The lowest BCUT2D eigenvalue weighted by Gasteiger charge is -2.40. The van der Waals surface area contributed by atoms with Crippen LogP contribution in [0.3, 0.4) is 0 Å². The molecule has 0 aliphatic carbocycles. The number of nitrogens with zero attached hydrogens (tertiary/aromatic N) is 4. The van der Waals surface area contributed by atoms with Crippen molar-refractivity contribution in [3.63, 3.8) is 0 Å². The molecule has 3 aromatic rings. The van der Waals surface area contributed by atoms with Crippen LogP contribution in [0.15, 0.2) is 46.3 Å². The summed E-state index contributed by atoms with van der Waals surface area (Å²) in [6, 6.07) is 7.80. The fraction of sp³-hybridized carbons (Fsp3) is 0.333. The monoisotopic (exact) mass is 306 g/mol. The van der Waals surface area contributed by atoms with Gasteiger partial charge in [-0.15, -0.1) is 0 Å². The smallest absolute Gasteiger partial charge is 0.181 e. The molecule has 1 aromatic carbocycles. The molecule has 0 bridgehead atoms. The Morgan fingerprint density at radius 3 is 2.48 bits per heavy atom. The zero-order valence-electron chi connectivity index (χ0n) is 13.7. The maximum Gasteiger partial charge on any atom is 0.181 e. The summed E-state index contributed by atoms with van der Waals surface area (Å²) < 4.78 is 5.65. The first-order valence-electron chi connectivity index (χ1n) is 7.66. The molecule has 5 heteroatoms. The molecule has 0 saturated heterocycles. The highest BCUT2D eigenvalue weighted by Crippen LogP contribution is 2.42. The fourth-order valence-corrected chi connectivity index (χ4v) is 2.86. The average molecular weight is 306 g/mol. The standard InChI is InChI=1S/C18H18N4O/c1-17(2)16-15(23-10-20-16)14(22-18(17,3)4)13-9-19-11-7-5-6-8-12(11)21-13/h5-10H,1-4H3. The fourth-order valence-electron chi connectivity index (χ4n) is 2.86. The van der Waals surface area contributed by atoms with Gasteiger partial charge in [0, 0.05) is 5.41 Å². The molecule has 0 saturated carbocycles. The van der Waals surface area contributed by atoms with Crippen LogP contribution in [0.25, 0.3) is 11.0 Å². The van der Waals surface area contributed by atoms with Crippen LogP contribution in [-0.4, -0.2) is 26.2 Å². The molecule has 0 amide bonds. The number of aromatic nitrogens is 3. The summed E-state index contributed by atoms with van der Waals surface area (Å²) in [7, 11) is 0. The van der Waals surface area contributed by atoms with Gasteiger partial charge < -0.3 is 4.42 Å². The van der Waals surface area contributed by atoms with Gasteiger partial charge in [0.2, 0.25) is 0 Å². The Balaban J connectivity index is 1.95. The molecule has 2 aromatic heterocycles. The van der Waals surface area contributed by atoms with Gasteiger partial charge >= 0.3 is 0 Å². The zero-order valence-corrected chi connectivity index (χ0v) is 13.7. The predicted octanol–water partition coefficient (Wildman–Crippen LogP) is 3.53. The first kappa shape index (κ1) is 14.1. The van der Waals surface area contributed by atoms with E-state index in [1.807, 2.05) is 24.3 Å². The summed E-state index contributed by atoms with van der Waals surface area (Å²) in [5, 5.41) is 0. The van der Waals surface area contributed by atoms with E-state index >= 15 is 0 Å². The third-order valence-corrected chi connectivity index (χ3v) is 4.99. The summed E-state index contributed by atoms with van der Waals surface area (Å²) >= 11 is 0. The molecule has 0 radical (unpaired) electrons. The summed E-state index contributed by atoms with van der Waals surface area (Å²) in [6.45, 7) is 8.50. The van der Waals surface area contributed by atoms with Crippen molar-refractivity contribution >= 4 is 16.7 Å². The van der Waals surface area contributed by atoms with Gasteiger partial charge in [-0.1, -0.05) is 26.0 Å². The lowest BCUT2D eigenvalue weighted by atomic mass is 9.69. The third-order valence-electron chi connectivity index (χ3n) is 4.99. The maximum atomic E-state index is 5.65. The van der Waals surface area contributed by atoms with Gasteiger partial charge in [0.15, 0.2) is 12.2 Å². The minimum Gasteiger partial charge on any atom is -0.441 e. The van der Waals surface area contributed by atoms with Gasteiger partial charge in [0.25, 0.3) is 0 Å². The summed E-state index contributed by atoms with van der Waals surface area (Å²) in [4.78, 5) is 18.6. The minimum atomic E-state index is -0.320. The highest BCUT2D eigenvalue weighted by atomic mass is 16.3. The van der Waals surface area contributed by atoms with Gasteiger partial charge in [0.05, 0.1) is 28.5 Å². The Hall–Kier alpha value is -2.56. The van der Waals surface area contributed by atoms with Crippen molar-refractivity contribution in [3.05, 3.63) is 54.0 Å². The molecule has 1 aliphatic rings. The Bertz CT molecular complexity index is 937. The second-order valence-corrected chi connectivity index (χ2v) is 6.92. The molecule has 0 atom stereocenters. The van der Waals surface area contributed by atoms with E-state index in [0.29, 0.717) is 11.5 Å². The van der Waals surface area contributed by atoms with Crippen LogP contribution in [0, 0.1) is 0 Å². The molecule has 5 nitrogen and oxygen atoms in total. The van der Waals surface area contributed by atoms with Crippen molar-refractivity contribution in [3.8, 4) is 0 Å². The number of hydrogen-bond acceptors (Lipinski definition) is 5. The molecule has 3 heterocycles. The van der Waals surface area contributed by atoms with E-state index in [0.717, 1.165) is 22.4 Å². The number of aliphatic imine (C=N–C) groups is 1. The van der Waals surface area contributed by atoms with Gasteiger partial charge in [-0.2, -0.15) is 0 Å². The van der Waals surface area contributed by atoms with Crippen molar-refractivity contribution < 1.29 is 4.42 Å². The van der Waals surface area contributed by atoms with E-state index in [1.165, 1.54) is 6.39 Å². The lowest BCUT2D eigenvalue weighted by Crippen LogP contribution is -2.46. The first-order valence-corrected chi connectivity index (χ1v) is 7.66. The van der Waals surface area contributed by atoms with Crippen molar-refractivity contribution in [2.75, 3.05) is 0 Å². The van der Waals surface area contributed by atoms with Crippen LogP contribution in [-0.2, 0) is 5.41 Å². The van der Waals surface area contributed by atoms with Gasteiger partial charge in [-0.05, 0) is 26.0 Å². The van der Waals surface area contributed by atoms with Crippen molar-refractivity contribution in [1.82, 2.24) is 15.0 Å². The van der Waals surface area contributed by atoms with Gasteiger partial charge in [-0.3, -0.25) is 9.98 Å². The van der Waals surface area contributed by atoms with Crippen LogP contribution in [0.5, 0.6) is 0 Å². The Morgan fingerprint density at radius 1 is 0.957 bits per heavy atom. The maximum absolute atomic E-state index is 5.65.